The van der Waals surface area contributed by atoms with Crippen LogP contribution in [0.25, 0.3) is 0 Å². The van der Waals surface area contributed by atoms with Gasteiger partial charge >= 0.3 is 0 Å². The lowest BCUT2D eigenvalue weighted by atomic mass is 9.96. The number of methoxy groups -OCH3 is 2. The fourth-order valence-electron chi connectivity index (χ4n) is 1.97. The van der Waals surface area contributed by atoms with E-state index in [1.165, 1.54) is 6.42 Å². The summed E-state index contributed by atoms with van der Waals surface area (Å²) in [5.74, 6) is 1.21. The van der Waals surface area contributed by atoms with Crippen LogP contribution in [0, 0.1) is 11.8 Å². The van der Waals surface area contributed by atoms with Crippen LogP contribution < -0.4 is 0 Å². The molecule has 2 heteroatoms. The Morgan fingerprint density at radius 3 is 1.27 bits per heavy atom. The van der Waals surface area contributed by atoms with Crippen molar-refractivity contribution in [2.24, 2.45) is 11.8 Å². The Morgan fingerprint density at radius 2 is 1.07 bits per heavy atom. The molecule has 0 fully saturated rings. The van der Waals surface area contributed by atoms with Crippen molar-refractivity contribution in [1.82, 2.24) is 0 Å². The van der Waals surface area contributed by atoms with Gasteiger partial charge in [0.15, 0.2) is 0 Å². The van der Waals surface area contributed by atoms with Gasteiger partial charge in [0.1, 0.15) is 0 Å². The molecule has 0 aliphatic rings. The van der Waals surface area contributed by atoms with E-state index in [2.05, 4.69) is 27.7 Å². The molecule has 0 aromatic rings. The summed E-state index contributed by atoms with van der Waals surface area (Å²) >= 11 is 0. The van der Waals surface area contributed by atoms with Crippen LogP contribution >= 0.6 is 0 Å². The predicted octanol–water partition coefficient (Wildman–Crippen LogP) is 3.50. The SMILES string of the molecule is COC(CCCC(OC)C(C)C)C(C)C. The normalized spacial score (nSPS) is 16.0. The molecule has 0 N–H and O–H groups in total. The van der Waals surface area contributed by atoms with Crippen LogP contribution in [-0.4, -0.2) is 26.4 Å². The topological polar surface area (TPSA) is 18.5 Å². The molecule has 2 unspecified atom stereocenters. The minimum Gasteiger partial charge on any atom is -0.381 e. The Balaban J connectivity index is 3.75. The van der Waals surface area contributed by atoms with Crippen LogP contribution in [0.1, 0.15) is 47.0 Å². The van der Waals surface area contributed by atoms with Gasteiger partial charge < -0.3 is 9.47 Å². The highest BCUT2D eigenvalue weighted by atomic mass is 16.5. The summed E-state index contributed by atoms with van der Waals surface area (Å²) in [6.45, 7) is 8.85. The molecule has 0 saturated heterocycles. The molecule has 92 valence electrons. The molecule has 0 aromatic carbocycles. The van der Waals surface area contributed by atoms with Crippen molar-refractivity contribution in [3.63, 3.8) is 0 Å². The van der Waals surface area contributed by atoms with E-state index in [4.69, 9.17) is 9.47 Å². The zero-order chi connectivity index (χ0) is 11.8. The smallest absolute Gasteiger partial charge is 0.0594 e. The highest BCUT2D eigenvalue weighted by Gasteiger charge is 2.15. The van der Waals surface area contributed by atoms with Gasteiger partial charge in [0.25, 0.3) is 0 Å². The van der Waals surface area contributed by atoms with E-state index in [1.807, 2.05) is 0 Å². The standard InChI is InChI=1S/C13H28O2/c1-10(2)12(14-5)8-7-9-13(15-6)11(3)4/h10-13H,7-9H2,1-6H3. The van der Waals surface area contributed by atoms with Crippen molar-refractivity contribution < 1.29 is 9.47 Å². The highest BCUT2D eigenvalue weighted by molar-refractivity contribution is 4.66. The molecule has 2 atom stereocenters. The van der Waals surface area contributed by atoms with Crippen LogP contribution in [0.5, 0.6) is 0 Å². The fourth-order valence-corrected chi connectivity index (χ4v) is 1.97. The first-order chi connectivity index (χ1) is 7.02. The number of rotatable bonds is 8. The summed E-state index contributed by atoms with van der Waals surface area (Å²) in [6.07, 6.45) is 4.26. The zero-order valence-electron chi connectivity index (χ0n) is 11.2. The number of ether oxygens (including phenoxy) is 2. The first kappa shape index (κ1) is 14.9. The third-order valence-electron chi connectivity index (χ3n) is 3.07. The number of hydrogen-bond acceptors (Lipinski definition) is 2. The largest absolute Gasteiger partial charge is 0.381 e. The quantitative estimate of drug-likeness (QED) is 0.618. The molecule has 15 heavy (non-hydrogen) atoms. The molecule has 0 radical (unpaired) electrons. The van der Waals surface area contributed by atoms with Gasteiger partial charge in [0.05, 0.1) is 12.2 Å². The Kier molecular flexibility index (Phi) is 8.07. The summed E-state index contributed by atoms with van der Waals surface area (Å²) in [5, 5.41) is 0. The number of hydrogen-bond donors (Lipinski definition) is 0. The van der Waals surface area contributed by atoms with E-state index < -0.39 is 0 Å². The predicted molar refractivity (Wildman–Crippen MR) is 65.1 cm³/mol. The fraction of sp³-hybridized carbons (Fsp3) is 1.00. The molecule has 0 amide bonds. The second-order valence-corrected chi connectivity index (χ2v) is 4.97. The summed E-state index contributed by atoms with van der Waals surface area (Å²) in [6, 6.07) is 0. The molecule has 0 bridgehead atoms. The van der Waals surface area contributed by atoms with E-state index in [-0.39, 0.29) is 0 Å². The minimum absolute atomic E-state index is 0.398. The molecule has 0 rings (SSSR count). The first-order valence-electron chi connectivity index (χ1n) is 6.08. The Hall–Kier alpha value is -0.0800. The van der Waals surface area contributed by atoms with Crippen LogP contribution in [-0.2, 0) is 9.47 Å². The third-order valence-corrected chi connectivity index (χ3v) is 3.07. The minimum atomic E-state index is 0.398. The summed E-state index contributed by atoms with van der Waals surface area (Å²) in [7, 11) is 3.61. The van der Waals surface area contributed by atoms with E-state index in [9.17, 15) is 0 Å². The van der Waals surface area contributed by atoms with E-state index >= 15 is 0 Å². The van der Waals surface area contributed by atoms with Crippen LogP contribution in [0.15, 0.2) is 0 Å². The lowest BCUT2D eigenvalue weighted by molar-refractivity contribution is 0.0352. The molecule has 2 nitrogen and oxygen atoms in total. The van der Waals surface area contributed by atoms with Gasteiger partial charge in [0.2, 0.25) is 0 Å². The zero-order valence-corrected chi connectivity index (χ0v) is 11.2. The van der Waals surface area contributed by atoms with E-state index in [1.54, 1.807) is 14.2 Å². The van der Waals surface area contributed by atoms with Crippen molar-refractivity contribution in [3.05, 3.63) is 0 Å². The molecular weight excluding hydrogens is 188 g/mol. The van der Waals surface area contributed by atoms with Crippen LogP contribution in [0.4, 0.5) is 0 Å². The van der Waals surface area contributed by atoms with E-state index in [0.717, 1.165) is 12.8 Å². The lowest BCUT2D eigenvalue weighted by Gasteiger charge is -2.22. The van der Waals surface area contributed by atoms with Crippen molar-refractivity contribution in [1.29, 1.82) is 0 Å². The van der Waals surface area contributed by atoms with Gasteiger partial charge in [-0.2, -0.15) is 0 Å². The van der Waals surface area contributed by atoms with Crippen molar-refractivity contribution >= 4 is 0 Å². The molecule has 0 heterocycles. The van der Waals surface area contributed by atoms with Gasteiger partial charge in [0, 0.05) is 14.2 Å². The molecular formula is C13H28O2. The third kappa shape index (κ3) is 6.16. The highest BCUT2D eigenvalue weighted by Crippen LogP contribution is 2.18. The molecule has 0 spiro atoms. The van der Waals surface area contributed by atoms with Crippen molar-refractivity contribution in [3.8, 4) is 0 Å². The Morgan fingerprint density at radius 1 is 0.733 bits per heavy atom. The van der Waals surface area contributed by atoms with Gasteiger partial charge in [-0.1, -0.05) is 27.7 Å². The summed E-state index contributed by atoms with van der Waals surface area (Å²) in [5.41, 5.74) is 0. The Labute approximate surface area is 95.3 Å². The first-order valence-corrected chi connectivity index (χ1v) is 6.08. The molecule has 0 saturated carbocycles. The Bertz CT molecular complexity index is 127. The van der Waals surface area contributed by atoms with Crippen LogP contribution in [0.2, 0.25) is 0 Å². The van der Waals surface area contributed by atoms with Crippen molar-refractivity contribution in [2.75, 3.05) is 14.2 Å². The average molecular weight is 216 g/mol. The van der Waals surface area contributed by atoms with Gasteiger partial charge in [-0.05, 0) is 31.1 Å². The average Bonchev–Trinajstić information content (AvgIpc) is 2.17. The van der Waals surface area contributed by atoms with Gasteiger partial charge in [-0.3, -0.25) is 0 Å². The molecule has 0 aliphatic carbocycles. The molecule has 0 aliphatic heterocycles. The second kappa shape index (κ2) is 8.12. The van der Waals surface area contributed by atoms with Crippen molar-refractivity contribution in [2.45, 2.75) is 59.2 Å². The maximum absolute atomic E-state index is 5.45. The van der Waals surface area contributed by atoms with Gasteiger partial charge in [-0.25, -0.2) is 0 Å². The maximum Gasteiger partial charge on any atom is 0.0594 e. The lowest BCUT2D eigenvalue weighted by Crippen LogP contribution is -2.21. The maximum atomic E-state index is 5.45. The second-order valence-electron chi connectivity index (χ2n) is 4.97. The summed E-state index contributed by atoms with van der Waals surface area (Å²) < 4.78 is 10.9. The monoisotopic (exact) mass is 216 g/mol. The van der Waals surface area contributed by atoms with E-state index in [0.29, 0.717) is 24.0 Å². The summed E-state index contributed by atoms with van der Waals surface area (Å²) in [4.78, 5) is 0. The van der Waals surface area contributed by atoms with Crippen LogP contribution in [0.3, 0.4) is 0 Å². The van der Waals surface area contributed by atoms with Gasteiger partial charge in [-0.15, -0.1) is 0 Å². The molecule has 0 aromatic heterocycles.